The van der Waals surface area contributed by atoms with Gasteiger partial charge < -0.3 is 16.3 Å². The van der Waals surface area contributed by atoms with Crippen molar-refractivity contribution in [3.8, 4) is 0 Å². The third-order valence-corrected chi connectivity index (χ3v) is 2.14. The SMILES string of the molecule is Cc1ccc(C)c(NC(=O)C/C(N)=N\O)c1. The summed E-state index contributed by atoms with van der Waals surface area (Å²) in [5, 5.41) is 13.8. The minimum Gasteiger partial charge on any atom is -0.409 e. The van der Waals surface area contributed by atoms with E-state index in [1.165, 1.54) is 0 Å². The van der Waals surface area contributed by atoms with E-state index in [2.05, 4.69) is 10.5 Å². The molecule has 1 rings (SSSR count). The van der Waals surface area contributed by atoms with E-state index in [1.807, 2.05) is 32.0 Å². The van der Waals surface area contributed by atoms with Crippen molar-refractivity contribution >= 4 is 17.4 Å². The second-order valence-electron chi connectivity index (χ2n) is 3.63. The summed E-state index contributed by atoms with van der Waals surface area (Å²) >= 11 is 0. The monoisotopic (exact) mass is 221 g/mol. The number of anilines is 1. The molecule has 1 aromatic rings. The summed E-state index contributed by atoms with van der Waals surface area (Å²) in [5.74, 6) is -0.410. The molecule has 0 spiro atoms. The minimum atomic E-state index is -0.302. The first kappa shape index (κ1) is 12.0. The predicted molar refractivity (Wildman–Crippen MR) is 62.6 cm³/mol. The van der Waals surface area contributed by atoms with Crippen LogP contribution in [-0.2, 0) is 4.79 Å². The van der Waals surface area contributed by atoms with E-state index in [0.717, 1.165) is 16.8 Å². The topological polar surface area (TPSA) is 87.7 Å². The summed E-state index contributed by atoms with van der Waals surface area (Å²) in [5.41, 5.74) is 8.01. The van der Waals surface area contributed by atoms with Gasteiger partial charge in [0, 0.05) is 5.69 Å². The van der Waals surface area contributed by atoms with Crippen LogP contribution in [0.3, 0.4) is 0 Å². The van der Waals surface area contributed by atoms with Crippen molar-refractivity contribution in [2.24, 2.45) is 10.9 Å². The first-order chi connectivity index (χ1) is 7.52. The third-order valence-electron chi connectivity index (χ3n) is 2.14. The number of aryl methyl sites for hydroxylation is 2. The lowest BCUT2D eigenvalue weighted by Crippen LogP contribution is -2.22. The fourth-order valence-electron chi connectivity index (χ4n) is 1.26. The van der Waals surface area contributed by atoms with Crippen LogP contribution in [-0.4, -0.2) is 17.0 Å². The van der Waals surface area contributed by atoms with Gasteiger partial charge in [-0.3, -0.25) is 4.79 Å². The Bertz CT molecular complexity index is 427. The van der Waals surface area contributed by atoms with E-state index in [4.69, 9.17) is 10.9 Å². The largest absolute Gasteiger partial charge is 0.409 e. The first-order valence-electron chi connectivity index (χ1n) is 4.86. The van der Waals surface area contributed by atoms with E-state index < -0.39 is 0 Å². The standard InChI is InChI=1S/C11H15N3O2/c1-7-3-4-8(2)9(5-7)13-11(15)6-10(12)14-16/h3-5,16H,6H2,1-2H3,(H2,12,14)(H,13,15). The van der Waals surface area contributed by atoms with Crippen LogP contribution in [0.15, 0.2) is 23.4 Å². The summed E-state index contributed by atoms with van der Waals surface area (Å²) in [4.78, 5) is 11.5. The number of carbonyl (C=O) groups excluding carboxylic acids is 1. The Morgan fingerprint density at radius 3 is 2.81 bits per heavy atom. The molecule has 5 nitrogen and oxygen atoms in total. The van der Waals surface area contributed by atoms with E-state index >= 15 is 0 Å². The number of hydrogen-bond acceptors (Lipinski definition) is 3. The van der Waals surface area contributed by atoms with Gasteiger partial charge in [0.05, 0.1) is 6.42 Å². The molecule has 0 heterocycles. The van der Waals surface area contributed by atoms with Gasteiger partial charge in [-0.05, 0) is 31.0 Å². The van der Waals surface area contributed by atoms with Crippen molar-refractivity contribution in [2.45, 2.75) is 20.3 Å². The van der Waals surface area contributed by atoms with Gasteiger partial charge in [-0.25, -0.2) is 0 Å². The highest BCUT2D eigenvalue weighted by molar-refractivity contribution is 6.05. The summed E-state index contributed by atoms with van der Waals surface area (Å²) in [6.45, 7) is 3.84. The number of amides is 1. The highest BCUT2D eigenvalue weighted by atomic mass is 16.4. The van der Waals surface area contributed by atoms with Gasteiger partial charge in [-0.15, -0.1) is 0 Å². The molecule has 0 saturated heterocycles. The molecule has 1 aromatic carbocycles. The Labute approximate surface area is 94.0 Å². The number of amidine groups is 1. The van der Waals surface area contributed by atoms with Gasteiger partial charge in [-0.1, -0.05) is 17.3 Å². The Kier molecular flexibility index (Phi) is 3.88. The molecule has 0 saturated carbocycles. The van der Waals surface area contributed by atoms with Gasteiger partial charge in [0.1, 0.15) is 5.84 Å². The number of hydrogen-bond donors (Lipinski definition) is 3. The number of nitrogens with zero attached hydrogens (tertiary/aromatic N) is 1. The lowest BCUT2D eigenvalue weighted by molar-refractivity contribution is -0.115. The Morgan fingerprint density at radius 1 is 1.50 bits per heavy atom. The number of rotatable bonds is 3. The normalized spacial score (nSPS) is 11.2. The van der Waals surface area contributed by atoms with Crippen LogP contribution < -0.4 is 11.1 Å². The summed E-state index contributed by atoms with van der Waals surface area (Å²) in [6.07, 6.45) is -0.121. The molecule has 1 amide bonds. The zero-order valence-electron chi connectivity index (χ0n) is 9.32. The molecule has 0 fully saturated rings. The highest BCUT2D eigenvalue weighted by Crippen LogP contribution is 2.16. The lowest BCUT2D eigenvalue weighted by atomic mass is 10.1. The zero-order chi connectivity index (χ0) is 12.1. The number of nitrogens with two attached hydrogens (primary N) is 1. The van der Waals surface area contributed by atoms with Crippen LogP contribution >= 0.6 is 0 Å². The van der Waals surface area contributed by atoms with Gasteiger partial charge in [-0.2, -0.15) is 0 Å². The van der Waals surface area contributed by atoms with Crippen molar-refractivity contribution in [2.75, 3.05) is 5.32 Å². The molecule has 0 aliphatic rings. The van der Waals surface area contributed by atoms with Gasteiger partial charge in [0.15, 0.2) is 0 Å². The van der Waals surface area contributed by atoms with Crippen molar-refractivity contribution in [1.82, 2.24) is 0 Å². The van der Waals surface area contributed by atoms with Crippen LogP contribution in [0.1, 0.15) is 17.5 Å². The number of benzene rings is 1. The fourth-order valence-corrected chi connectivity index (χ4v) is 1.26. The molecule has 4 N–H and O–H groups in total. The van der Waals surface area contributed by atoms with E-state index in [1.54, 1.807) is 0 Å². The average molecular weight is 221 g/mol. The maximum atomic E-state index is 11.5. The zero-order valence-corrected chi connectivity index (χ0v) is 9.32. The molecule has 0 aliphatic carbocycles. The van der Waals surface area contributed by atoms with Crippen LogP contribution in [0.5, 0.6) is 0 Å². The number of oxime groups is 1. The summed E-state index contributed by atoms with van der Waals surface area (Å²) < 4.78 is 0. The Hall–Kier alpha value is -2.04. The van der Waals surface area contributed by atoms with E-state index in [0.29, 0.717) is 0 Å². The van der Waals surface area contributed by atoms with E-state index in [-0.39, 0.29) is 18.2 Å². The molecule has 0 aliphatic heterocycles. The quantitative estimate of drug-likeness (QED) is 0.312. The van der Waals surface area contributed by atoms with Crippen LogP contribution in [0.25, 0.3) is 0 Å². The molecular weight excluding hydrogens is 206 g/mol. The maximum Gasteiger partial charge on any atom is 0.232 e. The van der Waals surface area contributed by atoms with Crippen LogP contribution in [0.2, 0.25) is 0 Å². The molecular formula is C11H15N3O2. The molecule has 16 heavy (non-hydrogen) atoms. The van der Waals surface area contributed by atoms with Gasteiger partial charge in [0.25, 0.3) is 0 Å². The first-order valence-corrected chi connectivity index (χ1v) is 4.86. The van der Waals surface area contributed by atoms with Crippen molar-refractivity contribution in [3.63, 3.8) is 0 Å². The smallest absolute Gasteiger partial charge is 0.232 e. The van der Waals surface area contributed by atoms with Crippen molar-refractivity contribution in [3.05, 3.63) is 29.3 Å². The second-order valence-corrected chi connectivity index (χ2v) is 3.63. The fraction of sp³-hybridized carbons (Fsp3) is 0.273. The van der Waals surface area contributed by atoms with Crippen molar-refractivity contribution in [1.29, 1.82) is 0 Å². The Morgan fingerprint density at radius 2 is 2.19 bits per heavy atom. The highest BCUT2D eigenvalue weighted by Gasteiger charge is 2.07. The summed E-state index contributed by atoms with van der Waals surface area (Å²) in [7, 11) is 0. The average Bonchev–Trinajstić information content (AvgIpc) is 2.23. The lowest BCUT2D eigenvalue weighted by Gasteiger charge is -2.08. The predicted octanol–water partition coefficient (Wildman–Crippen LogP) is 1.38. The van der Waals surface area contributed by atoms with Gasteiger partial charge >= 0.3 is 0 Å². The number of nitrogens with one attached hydrogen (secondary N) is 1. The van der Waals surface area contributed by atoms with Crippen molar-refractivity contribution < 1.29 is 10.0 Å². The Balaban J connectivity index is 2.73. The van der Waals surface area contributed by atoms with Crippen LogP contribution in [0, 0.1) is 13.8 Å². The summed E-state index contributed by atoms with van der Waals surface area (Å²) in [6, 6.07) is 5.77. The molecule has 0 unspecified atom stereocenters. The van der Waals surface area contributed by atoms with E-state index in [9.17, 15) is 4.79 Å². The van der Waals surface area contributed by atoms with Crippen LogP contribution in [0.4, 0.5) is 5.69 Å². The van der Waals surface area contributed by atoms with Gasteiger partial charge in [0.2, 0.25) is 5.91 Å². The molecule has 0 radical (unpaired) electrons. The number of carbonyl (C=O) groups is 1. The molecule has 5 heteroatoms. The molecule has 0 atom stereocenters. The molecule has 86 valence electrons. The molecule has 0 bridgehead atoms. The third kappa shape index (κ3) is 3.27. The second kappa shape index (κ2) is 5.16. The minimum absolute atomic E-state index is 0.109. The molecule has 0 aromatic heterocycles. The maximum absolute atomic E-state index is 11.5.